The minimum atomic E-state index is 0.629. The highest BCUT2D eigenvalue weighted by Gasteiger charge is 2.04. The maximum Gasteiger partial charge on any atom is 0.166 e. The van der Waals surface area contributed by atoms with Gasteiger partial charge in [-0.05, 0) is 42.5 Å². The van der Waals surface area contributed by atoms with E-state index in [1.807, 2.05) is 42.5 Å². The summed E-state index contributed by atoms with van der Waals surface area (Å²) in [5.41, 5.74) is 1.88. The van der Waals surface area contributed by atoms with Crippen molar-refractivity contribution in [2.75, 3.05) is 12.4 Å². The first-order chi connectivity index (χ1) is 10.2. The Bertz CT molecular complexity index is 745. The van der Waals surface area contributed by atoms with Crippen LogP contribution in [-0.2, 0) is 0 Å². The summed E-state index contributed by atoms with van der Waals surface area (Å²) in [6.07, 6.45) is 0. The molecule has 1 aromatic heterocycles. The van der Waals surface area contributed by atoms with E-state index in [1.165, 1.54) is 0 Å². The molecule has 21 heavy (non-hydrogen) atoms. The Morgan fingerprint density at radius 3 is 2.81 bits per heavy atom. The molecule has 0 amide bonds. The van der Waals surface area contributed by atoms with Crippen molar-refractivity contribution < 1.29 is 4.74 Å². The first-order valence-electron chi connectivity index (χ1n) is 6.37. The number of ether oxygens (including phenoxy) is 1. The zero-order valence-electron chi connectivity index (χ0n) is 11.0. The molecule has 0 saturated carbocycles. The van der Waals surface area contributed by atoms with Crippen LogP contribution < -0.4 is 4.74 Å². The lowest BCUT2D eigenvalue weighted by molar-refractivity contribution is 0.344. The number of hydrogen-bond acceptors (Lipinski definition) is 3. The quantitative estimate of drug-likeness (QED) is 0.489. The molecular formula is C15H12BrClN2OS. The zero-order chi connectivity index (χ0) is 14.7. The van der Waals surface area contributed by atoms with Crippen LogP contribution in [0.5, 0.6) is 5.75 Å². The lowest BCUT2D eigenvalue weighted by Gasteiger charge is -2.04. The average molecular weight is 384 g/mol. The van der Waals surface area contributed by atoms with Crippen molar-refractivity contribution in [1.29, 1.82) is 0 Å². The number of thioether (sulfide) groups is 1. The fourth-order valence-corrected chi connectivity index (χ4v) is 3.00. The van der Waals surface area contributed by atoms with Gasteiger partial charge in [-0.3, -0.25) is 0 Å². The summed E-state index contributed by atoms with van der Waals surface area (Å²) in [5, 5.41) is 1.59. The van der Waals surface area contributed by atoms with E-state index in [0.717, 1.165) is 32.2 Å². The van der Waals surface area contributed by atoms with Crippen molar-refractivity contribution >= 4 is 50.3 Å². The van der Waals surface area contributed by atoms with Crippen molar-refractivity contribution in [1.82, 2.24) is 9.97 Å². The Morgan fingerprint density at radius 2 is 2.00 bits per heavy atom. The van der Waals surface area contributed by atoms with Gasteiger partial charge in [-0.1, -0.05) is 39.3 Å². The first kappa shape index (κ1) is 14.8. The summed E-state index contributed by atoms with van der Waals surface area (Å²) in [7, 11) is 0. The Labute approximate surface area is 140 Å². The van der Waals surface area contributed by atoms with Crippen molar-refractivity contribution in [3.63, 3.8) is 0 Å². The van der Waals surface area contributed by atoms with Crippen molar-refractivity contribution in [3.05, 3.63) is 52.0 Å². The van der Waals surface area contributed by atoms with Crippen LogP contribution >= 0.6 is 39.3 Å². The highest BCUT2D eigenvalue weighted by atomic mass is 79.9. The van der Waals surface area contributed by atoms with Crippen LogP contribution in [-0.4, -0.2) is 22.3 Å². The summed E-state index contributed by atoms with van der Waals surface area (Å²) >= 11 is 11.0. The molecule has 2 aromatic carbocycles. The largest absolute Gasteiger partial charge is 0.493 e. The van der Waals surface area contributed by atoms with E-state index in [9.17, 15) is 0 Å². The molecule has 0 unspecified atom stereocenters. The minimum absolute atomic E-state index is 0.629. The van der Waals surface area contributed by atoms with Gasteiger partial charge in [0.25, 0.3) is 0 Å². The van der Waals surface area contributed by atoms with Gasteiger partial charge in [-0.25, -0.2) is 4.98 Å². The average Bonchev–Trinajstić information content (AvgIpc) is 2.87. The van der Waals surface area contributed by atoms with Gasteiger partial charge in [-0.2, -0.15) is 0 Å². The molecule has 0 fully saturated rings. The normalized spacial score (nSPS) is 11.0. The topological polar surface area (TPSA) is 37.9 Å². The van der Waals surface area contributed by atoms with Crippen LogP contribution in [0.25, 0.3) is 11.0 Å². The predicted octanol–water partition coefficient (Wildman–Crippen LogP) is 5.15. The number of hydrogen-bond donors (Lipinski definition) is 1. The number of benzene rings is 2. The van der Waals surface area contributed by atoms with Gasteiger partial charge in [0, 0.05) is 15.2 Å². The molecule has 0 radical (unpaired) electrons. The number of nitrogens with zero attached hydrogens (tertiary/aromatic N) is 1. The molecular weight excluding hydrogens is 372 g/mol. The summed E-state index contributed by atoms with van der Waals surface area (Å²) in [6, 6.07) is 13.4. The van der Waals surface area contributed by atoms with E-state index in [-0.39, 0.29) is 0 Å². The van der Waals surface area contributed by atoms with Crippen molar-refractivity contribution in [2.45, 2.75) is 5.16 Å². The van der Waals surface area contributed by atoms with Crippen LogP contribution in [0.1, 0.15) is 0 Å². The Balaban J connectivity index is 1.53. The molecule has 0 aliphatic carbocycles. The zero-order valence-corrected chi connectivity index (χ0v) is 14.1. The van der Waals surface area contributed by atoms with Crippen LogP contribution in [0.2, 0.25) is 5.02 Å². The SMILES string of the molecule is Clc1ccc2nc(SCCOc3ccc(Br)cc3)[nH]c2c1. The predicted molar refractivity (Wildman–Crippen MR) is 91.5 cm³/mol. The lowest BCUT2D eigenvalue weighted by atomic mass is 10.3. The monoisotopic (exact) mass is 382 g/mol. The highest BCUT2D eigenvalue weighted by Crippen LogP contribution is 2.22. The van der Waals surface area contributed by atoms with E-state index >= 15 is 0 Å². The Hall–Kier alpha value is -1.17. The number of nitrogens with one attached hydrogen (secondary N) is 1. The van der Waals surface area contributed by atoms with Gasteiger partial charge in [0.1, 0.15) is 5.75 Å². The third-order valence-electron chi connectivity index (χ3n) is 2.83. The van der Waals surface area contributed by atoms with Crippen molar-refractivity contribution in [3.8, 4) is 5.75 Å². The third-order valence-corrected chi connectivity index (χ3v) is 4.43. The second kappa shape index (κ2) is 6.73. The van der Waals surface area contributed by atoms with E-state index in [1.54, 1.807) is 11.8 Å². The molecule has 3 aromatic rings. The number of halogens is 2. The van der Waals surface area contributed by atoms with Crippen LogP contribution in [0.15, 0.2) is 52.1 Å². The Morgan fingerprint density at radius 1 is 1.19 bits per heavy atom. The molecule has 0 spiro atoms. The number of aromatic amines is 1. The fraction of sp³-hybridized carbons (Fsp3) is 0.133. The molecule has 0 atom stereocenters. The van der Waals surface area contributed by atoms with Crippen LogP contribution in [0, 0.1) is 0 Å². The van der Waals surface area contributed by atoms with Crippen molar-refractivity contribution in [2.24, 2.45) is 0 Å². The second-order valence-electron chi connectivity index (χ2n) is 4.35. The van der Waals surface area contributed by atoms with Gasteiger partial charge >= 0.3 is 0 Å². The van der Waals surface area contributed by atoms with E-state index in [0.29, 0.717) is 11.6 Å². The molecule has 0 aliphatic heterocycles. The number of H-pyrrole nitrogens is 1. The summed E-state index contributed by atoms with van der Waals surface area (Å²) in [4.78, 5) is 7.75. The molecule has 0 bridgehead atoms. The number of aromatic nitrogens is 2. The molecule has 0 aliphatic rings. The Kier molecular flexibility index (Phi) is 4.73. The second-order valence-corrected chi connectivity index (χ2v) is 6.79. The molecule has 1 heterocycles. The fourth-order valence-electron chi connectivity index (χ4n) is 1.86. The van der Waals surface area contributed by atoms with Crippen LogP contribution in [0.4, 0.5) is 0 Å². The van der Waals surface area contributed by atoms with E-state index in [2.05, 4.69) is 25.9 Å². The third kappa shape index (κ3) is 3.93. The summed E-state index contributed by atoms with van der Waals surface area (Å²) < 4.78 is 6.72. The van der Waals surface area contributed by atoms with Gasteiger partial charge in [0.15, 0.2) is 5.16 Å². The molecule has 3 rings (SSSR count). The standard InChI is InChI=1S/C15H12BrClN2OS/c16-10-1-4-12(5-2-10)20-7-8-21-15-18-13-6-3-11(17)9-14(13)19-15/h1-6,9H,7-8H2,(H,18,19). The summed E-state index contributed by atoms with van der Waals surface area (Å²) in [6.45, 7) is 0.629. The van der Waals surface area contributed by atoms with Gasteiger partial charge in [0.05, 0.1) is 17.6 Å². The number of rotatable bonds is 5. The van der Waals surface area contributed by atoms with E-state index in [4.69, 9.17) is 16.3 Å². The molecule has 108 valence electrons. The molecule has 0 saturated heterocycles. The summed E-state index contributed by atoms with van der Waals surface area (Å²) in [5.74, 6) is 1.69. The van der Waals surface area contributed by atoms with Gasteiger partial charge < -0.3 is 9.72 Å². The lowest BCUT2D eigenvalue weighted by Crippen LogP contribution is -2.00. The highest BCUT2D eigenvalue weighted by molar-refractivity contribution is 9.10. The maximum atomic E-state index is 5.96. The maximum absolute atomic E-state index is 5.96. The smallest absolute Gasteiger partial charge is 0.166 e. The minimum Gasteiger partial charge on any atom is -0.493 e. The molecule has 3 nitrogen and oxygen atoms in total. The van der Waals surface area contributed by atoms with Gasteiger partial charge in [0.2, 0.25) is 0 Å². The number of fused-ring (bicyclic) bond motifs is 1. The van der Waals surface area contributed by atoms with E-state index < -0.39 is 0 Å². The van der Waals surface area contributed by atoms with Gasteiger partial charge in [-0.15, -0.1) is 0 Å². The number of imidazole rings is 1. The first-order valence-corrected chi connectivity index (χ1v) is 8.53. The molecule has 6 heteroatoms. The molecule has 1 N–H and O–H groups in total. The van der Waals surface area contributed by atoms with Crippen LogP contribution in [0.3, 0.4) is 0 Å².